The van der Waals surface area contributed by atoms with Gasteiger partial charge in [-0.05, 0) is 31.2 Å². The van der Waals surface area contributed by atoms with E-state index in [1.165, 1.54) is 0 Å². The SMILES string of the molecule is Cc1ccc(C(=O)N[C@@H]2CC(=O)N(c3ccccc3)C2)cc1. The molecule has 4 nitrogen and oxygen atoms in total. The Kier molecular flexibility index (Phi) is 3.92. The summed E-state index contributed by atoms with van der Waals surface area (Å²) in [6.45, 7) is 2.50. The summed E-state index contributed by atoms with van der Waals surface area (Å²) in [6.07, 6.45) is 0.340. The Labute approximate surface area is 129 Å². The lowest BCUT2D eigenvalue weighted by Gasteiger charge is -2.17. The van der Waals surface area contributed by atoms with Crippen molar-refractivity contribution in [1.29, 1.82) is 0 Å². The van der Waals surface area contributed by atoms with Crippen LogP contribution in [-0.4, -0.2) is 24.4 Å². The summed E-state index contributed by atoms with van der Waals surface area (Å²) in [4.78, 5) is 26.1. The molecule has 1 aliphatic heterocycles. The van der Waals surface area contributed by atoms with E-state index in [1.54, 1.807) is 17.0 Å². The Hall–Kier alpha value is -2.62. The molecule has 2 aromatic rings. The Balaban J connectivity index is 1.66. The maximum atomic E-state index is 12.2. The van der Waals surface area contributed by atoms with E-state index < -0.39 is 0 Å². The maximum absolute atomic E-state index is 12.2. The van der Waals surface area contributed by atoms with Crippen LogP contribution in [0, 0.1) is 6.92 Å². The second-order valence-electron chi connectivity index (χ2n) is 5.58. The van der Waals surface area contributed by atoms with Gasteiger partial charge in [0, 0.05) is 24.2 Å². The van der Waals surface area contributed by atoms with Crippen molar-refractivity contribution >= 4 is 17.5 Å². The van der Waals surface area contributed by atoms with Crippen LogP contribution >= 0.6 is 0 Å². The molecule has 2 amide bonds. The van der Waals surface area contributed by atoms with Crippen LogP contribution in [-0.2, 0) is 4.79 Å². The summed E-state index contributed by atoms with van der Waals surface area (Å²) in [5.74, 6) is -0.0897. The van der Waals surface area contributed by atoms with Crippen LogP contribution in [0.4, 0.5) is 5.69 Å². The lowest BCUT2D eigenvalue weighted by atomic mass is 10.1. The van der Waals surface area contributed by atoms with Crippen molar-refractivity contribution in [1.82, 2.24) is 5.32 Å². The summed E-state index contributed by atoms with van der Waals surface area (Å²) in [6, 6.07) is 16.8. The number of nitrogens with zero attached hydrogens (tertiary/aromatic N) is 1. The highest BCUT2D eigenvalue weighted by molar-refractivity contribution is 5.98. The largest absolute Gasteiger partial charge is 0.347 e. The van der Waals surface area contributed by atoms with Gasteiger partial charge in [0.25, 0.3) is 5.91 Å². The highest BCUT2D eigenvalue weighted by Crippen LogP contribution is 2.21. The molecule has 0 bridgehead atoms. The van der Waals surface area contributed by atoms with Gasteiger partial charge >= 0.3 is 0 Å². The van der Waals surface area contributed by atoms with Gasteiger partial charge in [0.15, 0.2) is 0 Å². The van der Waals surface area contributed by atoms with Crippen molar-refractivity contribution in [3.8, 4) is 0 Å². The number of aryl methyl sites for hydroxylation is 1. The number of hydrogen-bond acceptors (Lipinski definition) is 2. The molecule has 0 unspecified atom stereocenters. The molecule has 1 saturated heterocycles. The van der Waals surface area contributed by atoms with Crippen LogP contribution in [0.2, 0.25) is 0 Å². The zero-order valence-corrected chi connectivity index (χ0v) is 12.5. The van der Waals surface area contributed by atoms with Gasteiger partial charge in [0.05, 0.1) is 6.04 Å². The van der Waals surface area contributed by atoms with Gasteiger partial charge in [-0.2, -0.15) is 0 Å². The predicted molar refractivity (Wildman–Crippen MR) is 85.8 cm³/mol. The zero-order valence-electron chi connectivity index (χ0n) is 12.5. The van der Waals surface area contributed by atoms with Gasteiger partial charge in [-0.1, -0.05) is 35.9 Å². The molecule has 0 spiro atoms. The van der Waals surface area contributed by atoms with Crippen molar-refractivity contribution in [2.75, 3.05) is 11.4 Å². The standard InChI is InChI=1S/C18H18N2O2/c1-13-7-9-14(10-8-13)18(22)19-15-11-17(21)20(12-15)16-5-3-2-4-6-16/h2-10,15H,11-12H2,1H3,(H,19,22)/t15-/m1/s1. The fourth-order valence-corrected chi connectivity index (χ4v) is 2.64. The van der Waals surface area contributed by atoms with Crippen LogP contribution < -0.4 is 10.2 Å². The van der Waals surface area contributed by atoms with Crippen molar-refractivity contribution in [3.05, 3.63) is 65.7 Å². The Morgan fingerprint density at radius 3 is 2.45 bits per heavy atom. The van der Waals surface area contributed by atoms with Gasteiger partial charge in [-0.15, -0.1) is 0 Å². The van der Waals surface area contributed by atoms with E-state index in [0.29, 0.717) is 18.5 Å². The fourth-order valence-electron chi connectivity index (χ4n) is 2.64. The second-order valence-corrected chi connectivity index (χ2v) is 5.58. The minimum Gasteiger partial charge on any atom is -0.347 e. The molecule has 3 rings (SSSR count). The van der Waals surface area contributed by atoms with Gasteiger partial charge in [-0.25, -0.2) is 0 Å². The first kappa shape index (κ1) is 14.3. The molecule has 0 saturated carbocycles. The van der Waals surface area contributed by atoms with Gasteiger partial charge in [0.2, 0.25) is 5.91 Å². The highest BCUT2D eigenvalue weighted by atomic mass is 16.2. The summed E-state index contributed by atoms with van der Waals surface area (Å²) >= 11 is 0. The molecule has 0 radical (unpaired) electrons. The van der Waals surface area contributed by atoms with Gasteiger partial charge in [0.1, 0.15) is 0 Å². The van der Waals surface area contributed by atoms with Gasteiger partial charge in [-0.3, -0.25) is 9.59 Å². The number of para-hydroxylation sites is 1. The lowest BCUT2D eigenvalue weighted by molar-refractivity contribution is -0.117. The number of benzene rings is 2. The fraction of sp³-hybridized carbons (Fsp3) is 0.222. The van der Waals surface area contributed by atoms with E-state index in [9.17, 15) is 9.59 Å². The van der Waals surface area contributed by atoms with Crippen LogP contribution in [0.5, 0.6) is 0 Å². The van der Waals surface area contributed by atoms with Gasteiger partial charge < -0.3 is 10.2 Å². The van der Waals surface area contributed by atoms with E-state index >= 15 is 0 Å². The van der Waals surface area contributed by atoms with E-state index in [4.69, 9.17) is 0 Å². The molecular formula is C18H18N2O2. The number of carbonyl (C=O) groups excluding carboxylic acids is 2. The third kappa shape index (κ3) is 3.01. The quantitative estimate of drug-likeness (QED) is 0.945. The molecule has 112 valence electrons. The number of carbonyl (C=O) groups is 2. The second kappa shape index (κ2) is 6.02. The summed E-state index contributed by atoms with van der Waals surface area (Å²) in [5, 5.41) is 2.94. The number of rotatable bonds is 3. The Bertz CT molecular complexity index is 680. The molecule has 0 aliphatic carbocycles. The van der Waals surface area contributed by atoms with Crippen molar-refractivity contribution < 1.29 is 9.59 Å². The summed E-state index contributed by atoms with van der Waals surface area (Å²) in [7, 11) is 0. The molecular weight excluding hydrogens is 276 g/mol. The molecule has 1 fully saturated rings. The Morgan fingerprint density at radius 2 is 1.77 bits per heavy atom. The average molecular weight is 294 g/mol. The molecule has 0 aromatic heterocycles. The molecule has 2 aromatic carbocycles. The zero-order chi connectivity index (χ0) is 15.5. The van der Waals surface area contributed by atoms with Crippen molar-refractivity contribution in [2.24, 2.45) is 0 Å². The van der Waals surface area contributed by atoms with Crippen LogP contribution in [0.25, 0.3) is 0 Å². The maximum Gasteiger partial charge on any atom is 0.251 e. The number of nitrogens with one attached hydrogen (secondary N) is 1. The van der Waals surface area contributed by atoms with Crippen LogP contribution in [0.1, 0.15) is 22.3 Å². The molecule has 4 heteroatoms. The third-order valence-corrected chi connectivity index (χ3v) is 3.84. The van der Waals surface area contributed by atoms with E-state index in [-0.39, 0.29) is 17.9 Å². The van der Waals surface area contributed by atoms with E-state index in [1.807, 2.05) is 49.4 Å². The first-order valence-electron chi connectivity index (χ1n) is 7.36. The average Bonchev–Trinajstić information content (AvgIpc) is 2.89. The lowest BCUT2D eigenvalue weighted by Crippen LogP contribution is -2.37. The molecule has 1 atom stereocenters. The number of amides is 2. The van der Waals surface area contributed by atoms with Crippen molar-refractivity contribution in [3.63, 3.8) is 0 Å². The minimum absolute atomic E-state index is 0.0420. The predicted octanol–water partition coefficient (Wildman–Crippen LogP) is 2.53. The van der Waals surface area contributed by atoms with E-state index in [0.717, 1.165) is 11.3 Å². The smallest absolute Gasteiger partial charge is 0.251 e. The molecule has 1 heterocycles. The summed E-state index contributed by atoms with van der Waals surface area (Å²) < 4.78 is 0. The molecule has 22 heavy (non-hydrogen) atoms. The number of anilines is 1. The molecule has 1 aliphatic rings. The third-order valence-electron chi connectivity index (χ3n) is 3.84. The topological polar surface area (TPSA) is 49.4 Å². The molecule has 1 N–H and O–H groups in total. The Morgan fingerprint density at radius 1 is 1.09 bits per heavy atom. The van der Waals surface area contributed by atoms with Crippen molar-refractivity contribution in [2.45, 2.75) is 19.4 Å². The first-order valence-corrected chi connectivity index (χ1v) is 7.36. The van der Waals surface area contributed by atoms with Crippen LogP contribution in [0.15, 0.2) is 54.6 Å². The normalized spacial score (nSPS) is 17.6. The summed E-state index contributed by atoms with van der Waals surface area (Å²) in [5.41, 5.74) is 2.61. The highest BCUT2D eigenvalue weighted by Gasteiger charge is 2.31. The monoisotopic (exact) mass is 294 g/mol. The minimum atomic E-state index is -0.151. The van der Waals surface area contributed by atoms with E-state index in [2.05, 4.69) is 5.32 Å². The van der Waals surface area contributed by atoms with Crippen LogP contribution in [0.3, 0.4) is 0 Å². The first-order chi connectivity index (χ1) is 10.6. The number of hydrogen-bond donors (Lipinski definition) is 1.